The second kappa shape index (κ2) is 8.41. The van der Waals surface area contributed by atoms with Gasteiger partial charge in [-0.25, -0.2) is 19.7 Å². The first kappa shape index (κ1) is 21.4. The molecule has 0 saturated carbocycles. The quantitative estimate of drug-likeness (QED) is 0.806. The minimum absolute atomic E-state index is 0.0357. The summed E-state index contributed by atoms with van der Waals surface area (Å²) in [7, 11) is 0. The molecule has 0 bridgehead atoms. The van der Waals surface area contributed by atoms with E-state index in [0.717, 1.165) is 6.07 Å². The summed E-state index contributed by atoms with van der Waals surface area (Å²) < 4.78 is 43.7. The van der Waals surface area contributed by atoms with Gasteiger partial charge in [0.15, 0.2) is 0 Å². The summed E-state index contributed by atoms with van der Waals surface area (Å²) in [5, 5.41) is 2.65. The number of hydrogen-bond donors (Lipinski definition) is 1. The summed E-state index contributed by atoms with van der Waals surface area (Å²) in [6.07, 6.45) is -3.58. The third-order valence-corrected chi connectivity index (χ3v) is 3.38. The van der Waals surface area contributed by atoms with Crippen molar-refractivity contribution < 1.29 is 22.7 Å². The van der Waals surface area contributed by atoms with Gasteiger partial charge in [0.2, 0.25) is 5.95 Å². The van der Waals surface area contributed by atoms with Crippen LogP contribution in [0, 0.1) is 0 Å². The van der Waals surface area contributed by atoms with Crippen molar-refractivity contribution in [2.75, 3.05) is 11.9 Å². The van der Waals surface area contributed by atoms with E-state index < -0.39 is 23.6 Å². The van der Waals surface area contributed by atoms with Crippen LogP contribution in [0.1, 0.15) is 39.1 Å². The van der Waals surface area contributed by atoms with Crippen molar-refractivity contribution in [3.63, 3.8) is 0 Å². The van der Waals surface area contributed by atoms with E-state index in [4.69, 9.17) is 4.74 Å². The monoisotopic (exact) mass is 397 g/mol. The SMILES string of the molecule is CCN(Cc1ccnc(Nc2cccc(C(F)(F)F)n2)n1)C(=O)OC(C)(C)C. The molecule has 0 aliphatic heterocycles. The van der Waals surface area contributed by atoms with Crippen molar-refractivity contribution in [2.45, 2.75) is 46.0 Å². The van der Waals surface area contributed by atoms with Crippen molar-refractivity contribution in [3.8, 4) is 0 Å². The highest BCUT2D eigenvalue weighted by Crippen LogP contribution is 2.28. The molecule has 0 radical (unpaired) electrons. The van der Waals surface area contributed by atoms with Crippen LogP contribution in [0.3, 0.4) is 0 Å². The van der Waals surface area contributed by atoms with E-state index >= 15 is 0 Å². The second-order valence-corrected chi connectivity index (χ2v) is 6.90. The molecule has 0 fully saturated rings. The highest BCUT2D eigenvalue weighted by atomic mass is 19.4. The van der Waals surface area contributed by atoms with Crippen LogP contribution < -0.4 is 5.32 Å². The fourth-order valence-corrected chi connectivity index (χ4v) is 2.15. The average molecular weight is 397 g/mol. The van der Waals surface area contributed by atoms with Crippen LogP contribution in [0.2, 0.25) is 0 Å². The van der Waals surface area contributed by atoms with Crippen molar-refractivity contribution in [3.05, 3.63) is 41.9 Å². The van der Waals surface area contributed by atoms with E-state index in [1.165, 1.54) is 23.2 Å². The minimum atomic E-state index is -4.55. The number of amides is 1. The zero-order valence-corrected chi connectivity index (χ0v) is 16.0. The third-order valence-electron chi connectivity index (χ3n) is 3.38. The molecule has 1 amide bonds. The van der Waals surface area contributed by atoms with Gasteiger partial charge >= 0.3 is 12.3 Å². The molecule has 28 heavy (non-hydrogen) atoms. The lowest BCUT2D eigenvalue weighted by Crippen LogP contribution is -2.36. The molecule has 0 unspecified atom stereocenters. The van der Waals surface area contributed by atoms with Crippen LogP contribution in [0.4, 0.5) is 29.7 Å². The van der Waals surface area contributed by atoms with Gasteiger partial charge in [-0.15, -0.1) is 0 Å². The maximum atomic E-state index is 12.8. The fraction of sp³-hybridized carbons (Fsp3) is 0.444. The van der Waals surface area contributed by atoms with Gasteiger partial charge in [-0.3, -0.25) is 0 Å². The summed E-state index contributed by atoms with van der Waals surface area (Å²) in [6.45, 7) is 7.68. The van der Waals surface area contributed by atoms with E-state index in [1.54, 1.807) is 33.8 Å². The molecule has 1 N–H and O–H groups in total. The maximum absolute atomic E-state index is 12.8. The first-order valence-electron chi connectivity index (χ1n) is 8.59. The standard InChI is InChI=1S/C18H22F3N5O2/c1-5-26(16(27)28-17(2,3)4)11-12-9-10-22-15(23-12)25-14-8-6-7-13(24-14)18(19,20)21/h6-10H,5,11H2,1-4H3,(H,22,23,24,25). The molecule has 2 heterocycles. The van der Waals surface area contributed by atoms with Crippen molar-refractivity contribution >= 4 is 17.9 Å². The van der Waals surface area contributed by atoms with Gasteiger partial charge in [-0.2, -0.15) is 13.2 Å². The van der Waals surface area contributed by atoms with E-state index in [1.807, 2.05) is 0 Å². The minimum Gasteiger partial charge on any atom is -0.444 e. The topological polar surface area (TPSA) is 80.2 Å². The number of rotatable bonds is 5. The first-order valence-corrected chi connectivity index (χ1v) is 8.59. The molecule has 0 aliphatic carbocycles. The molecule has 2 rings (SSSR count). The summed E-state index contributed by atoms with van der Waals surface area (Å²) in [5.41, 5.74) is -1.15. The molecule has 0 atom stereocenters. The van der Waals surface area contributed by atoms with Gasteiger partial charge in [0.25, 0.3) is 0 Å². The Morgan fingerprint density at radius 3 is 2.50 bits per heavy atom. The number of carbonyl (C=O) groups excluding carboxylic acids is 1. The number of anilines is 2. The molecule has 2 aromatic heterocycles. The van der Waals surface area contributed by atoms with Crippen LogP contribution in [-0.4, -0.2) is 38.1 Å². The Balaban J connectivity index is 2.12. The Bertz CT molecular complexity index is 821. The smallest absolute Gasteiger partial charge is 0.433 e. The predicted molar refractivity (Wildman–Crippen MR) is 96.9 cm³/mol. The van der Waals surface area contributed by atoms with Gasteiger partial charge in [-0.05, 0) is 45.9 Å². The largest absolute Gasteiger partial charge is 0.444 e. The van der Waals surface area contributed by atoms with Crippen LogP contribution >= 0.6 is 0 Å². The summed E-state index contributed by atoms with van der Waals surface area (Å²) in [6, 6.07) is 5.10. The van der Waals surface area contributed by atoms with Gasteiger partial charge in [-0.1, -0.05) is 6.07 Å². The molecule has 0 saturated heterocycles. The fourth-order valence-electron chi connectivity index (χ4n) is 2.15. The van der Waals surface area contributed by atoms with E-state index in [2.05, 4.69) is 20.3 Å². The molecule has 10 heteroatoms. The zero-order valence-electron chi connectivity index (χ0n) is 16.0. The van der Waals surface area contributed by atoms with Gasteiger partial charge in [0, 0.05) is 12.7 Å². The van der Waals surface area contributed by atoms with E-state index in [9.17, 15) is 18.0 Å². The Hall–Kier alpha value is -2.91. The lowest BCUT2D eigenvalue weighted by Gasteiger charge is -2.26. The van der Waals surface area contributed by atoms with Crippen molar-refractivity contribution in [2.24, 2.45) is 0 Å². The summed E-state index contributed by atoms with van der Waals surface area (Å²) >= 11 is 0. The highest BCUT2D eigenvalue weighted by Gasteiger charge is 2.32. The Morgan fingerprint density at radius 2 is 1.89 bits per heavy atom. The lowest BCUT2D eigenvalue weighted by molar-refractivity contribution is -0.141. The normalized spacial score (nSPS) is 11.8. The van der Waals surface area contributed by atoms with Gasteiger partial charge < -0.3 is 15.0 Å². The van der Waals surface area contributed by atoms with Crippen LogP contribution in [0.25, 0.3) is 0 Å². The number of alkyl halides is 3. The third kappa shape index (κ3) is 6.36. The molecule has 0 aromatic carbocycles. The Labute approximate surface area is 161 Å². The van der Waals surface area contributed by atoms with Crippen LogP contribution in [-0.2, 0) is 17.5 Å². The molecule has 152 valence electrons. The summed E-state index contributed by atoms with van der Waals surface area (Å²) in [5.74, 6) is 0.0380. The second-order valence-electron chi connectivity index (χ2n) is 6.90. The molecular formula is C18H22F3N5O2. The Kier molecular flexibility index (Phi) is 6.42. The predicted octanol–water partition coefficient (Wildman–Crippen LogP) is 4.39. The van der Waals surface area contributed by atoms with Crippen molar-refractivity contribution in [1.82, 2.24) is 19.9 Å². The number of aromatic nitrogens is 3. The molecule has 0 aliphatic rings. The van der Waals surface area contributed by atoms with Crippen LogP contribution in [0.15, 0.2) is 30.5 Å². The molecule has 7 nitrogen and oxygen atoms in total. The number of halogens is 3. The number of nitrogens with zero attached hydrogens (tertiary/aromatic N) is 4. The number of nitrogens with one attached hydrogen (secondary N) is 1. The van der Waals surface area contributed by atoms with Gasteiger partial charge in [0.1, 0.15) is 17.1 Å². The number of pyridine rings is 1. The van der Waals surface area contributed by atoms with Gasteiger partial charge in [0.05, 0.1) is 12.2 Å². The first-order chi connectivity index (χ1) is 13.0. The number of carbonyl (C=O) groups is 1. The summed E-state index contributed by atoms with van der Waals surface area (Å²) in [4.78, 5) is 25.4. The molecule has 2 aromatic rings. The zero-order chi connectivity index (χ0) is 20.9. The number of ether oxygens (including phenoxy) is 1. The molecular weight excluding hydrogens is 375 g/mol. The Morgan fingerprint density at radius 1 is 1.18 bits per heavy atom. The highest BCUT2D eigenvalue weighted by molar-refractivity contribution is 5.68. The van der Waals surface area contributed by atoms with Crippen molar-refractivity contribution in [1.29, 1.82) is 0 Å². The lowest BCUT2D eigenvalue weighted by atomic mass is 10.2. The maximum Gasteiger partial charge on any atom is 0.433 e. The number of hydrogen-bond acceptors (Lipinski definition) is 6. The van der Waals surface area contributed by atoms with E-state index in [-0.39, 0.29) is 18.3 Å². The van der Waals surface area contributed by atoms with E-state index in [0.29, 0.717) is 12.2 Å². The molecule has 0 spiro atoms. The van der Waals surface area contributed by atoms with Crippen LogP contribution in [0.5, 0.6) is 0 Å². The average Bonchev–Trinajstić information content (AvgIpc) is 2.58.